The quantitative estimate of drug-likeness (QED) is 0.650. The lowest BCUT2D eigenvalue weighted by Crippen LogP contribution is -2.49. The van der Waals surface area contributed by atoms with Gasteiger partial charge in [0.2, 0.25) is 10.0 Å². The van der Waals surface area contributed by atoms with E-state index < -0.39 is 10.0 Å². The Morgan fingerprint density at radius 1 is 1.06 bits per heavy atom. The Labute approximate surface area is 112 Å². The molecule has 0 aromatic rings. The number of rotatable bonds is 8. The first-order valence-electron chi connectivity index (χ1n) is 7.01. The third-order valence-corrected chi connectivity index (χ3v) is 5.38. The lowest BCUT2D eigenvalue weighted by atomic mass is 10.3. The van der Waals surface area contributed by atoms with Crippen molar-refractivity contribution < 1.29 is 8.42 Å². The highest BCUT2D eigenvalue weighted by Gasteiger charge is 2.25. The van der Waals surface area contributed by atoms with Crippen LogP contribution in [0.1, 0.15) is 26.7 Å². The number of hydrogen-bond acceptors (Lipinski definition) is 4. The molecule has 6 heteroatoms. The molecule has 0 bridgehead atoms. The number of sulfonamides is 1. The van der Waals surface area contributed by atoms with E-state index in [1.807, 2.05) is 0 Å². The first kappa shape index (κ1) is 15.9. The smallest absolute Gasteiger partial charge is 0.214 e. The van der Waals surface area contributed by atoms with Crippen LogP contribution >= 0.6 is 0 Å². The van der Waals surface area contributed by atoms with Crippen LogP contribution in [0.2, 0.25) is 0 Å². The van der Waals surface area contributed by atoms with Crippen LogP contribution in [0.3, 0.4) is 0 Å². The van der Waals surface area contributed by atoms with Gasteiger partial charge in [0.15, 0.2) is 0 Å². The van der Waals surface area contributed by atoms with E-state index in [4.69, 9.17) is 0 Å². The van der Waals surface area contributed by atoms with Crippen molar-refractivity contribution in [2.45, 2.75) is 26.7 Å². The lowest BCUT2D eigenvalue weighted by Gasteiger charge is -2.33. The maximum Gasteiger partial charge on any atom is 0.214 e. The number of piperazine rings is 1. The van der Waals surface area contributed by atoms with Crippen LogP contribution in [0.4, 0.5) is 0 Å². The predicted octanol–water partition coefficient (Wildman–Crippen LogP) is 0.343. The third-order valence-electron chi connectivity index (χ3n) is 3.43. The average molecular weight is 277 g/mol. The molecule has 1 aliphatic rings. The molecule has 5 nitrogen and oxygen atoms in total. The van der Waals surface area contributed by atoms with E-state index in [1.54, 1.807) is 4.31 Å². The molecule has 1 fully saturated rings. The van der Waals surface area contributed by atoms with Crippen molar-refractivity contribution >= 4 is 10.0 Å². The fraction of sp³-hybridized carbons (Fsp3) is 1.00. The monoisotopic (exact) mass is 277 g/mol. The Balaban J connectivity index is 2.26. The molecule has 0 amide bonds. The minimum absolute atomic E-state index is 0.296. The van der Waals surface area contributed by atoms with E-state index in [-0.39, 0.29) is 0 Å². The SMILES string of the molecule is CCNCCCCS(=O)(=O)N1CCN(CC)CC1. The van der Waals surface area contributed by atoms with Crippen LogP contribution in [0, 0.1) is 0 Å². The summed E-state index contributed by atoms with van der Waals surface area (Å²) in [7, 11) is -3.02. The Kier molecular flexibility index (Phi) is 7.14. The summed E-state index contributed by atoms with van der Waals surface area (Å²) in [6.45, 7) is 10.1. The minimum Gasteiger partial charge on any atom is -0.317 e. The van der Waals surface area contributed by atoms with E-state index in [0.29, 0.717) is 18.8 Å². The van der Waals surface area contributed by atoms with E-state index in [1.165, 1.54) is 0 Å². The van der Waals surface area contributed by atoms with Gasteiger partial charge in [0.1, 0.15) is 0 Å². The molecule has 18 heavy (non-hydrogen) atoms. The molecular weight excluding hydrogens is 250 g/mol. The molecule has 0 spiro atoms. The van der Waals surface area contributed by atoms with Crippen LogP contribution in [-0.4, -0.2) is 69.2 Å². The normalized spacial score (nSPS) is 19.2. The topological polar surface area (TPSA) is 52.7 Å². The van der Waals surface area contributed by atoms with Crippen LogP contribution in [0.5, 0.6) is 0 Å². The van der Waals surface area contributed by atoms with Gasteiger partial charge in [-0.15, -0.1) is 0 Å². The van der Waals surface area contributed by atoms with Gasteiger partial charge >= 0.3 is 0 Å². The maximum atomic E-state index is 12.1. The van der Waals surface area contributed by atoms with Gasteiger partial charge < -0.3 is 10.2 Å². The highest BCUT2D eigenvalue weighted by molar-refractivity contribution is 7.89. The molecule has 0 saturated carbocycles. The molecule has 108 valence electrons. The van der Waals surface area contributed by atoms with Crippen molar-refractivity contribution in [3.63, 3.8) is 0 Å². The summed E-state index contributed by atoms with van der Waals surface area (Å²) < 4.78 is 25.9. The van der Waals surface area contributed by atoms with Crippen molar-refractivity contribution in [1.29, 1.82) is 0 Å². The average Bonchev–Trinajstić information content (AvgIpc) is 2.38. The van der Waals surface area contributed by atoms with Gasteiger partial charge in [0, 0.05) is 26.2 Å². The Bertz CT molecular complexity index is 311. The second kappa shape index (κ2) is 8.09. The molecule has 0 aromatic carbocycles. The molecule has 0 radical (unpaired) electrons. The fourth-order valence-corrected chi connectivity index (χ4v) is 3.71. The molecule has 0 aliphatic carbocycles. The van der Waals surface area contributed by atoms with Crippen LogP contribution in [0.15, 0.2) is 0 Å². The van der Waals surface area contributed by atoms with Gasteiger partial charge in [0.25, 0.3) is 0 Å². The standard InChI is InChI=1S/C12H27N3O2S/c1-3-13-7-5-6-12-18(16,17)15-10-8-14(4-2)9-11-15/h13H,3-12H2,1-2H3. The number of nitrogens with zero attached hydrogens (tertiary/aromatic N) is 2. The van der Waals surface area contributed by atoms with Gasteiger partial charge in [-0.25, -0.2) is 8.42 Å². The zero-order valence-electron chi connectivity index (χ0n) is 11.7. The van der Waals surface area contributed by atoms with Gasteiger partial charge in [-0.2, -0.15) is 4.31 Å². The summed E-state index contributed by atoms with van der Waals surface area (Å²) >= 11 is 0. The second-order valence-corrected chi connectivity index (χ2v) is 6.80. The summed E-state index contributed by atoms with van der Waals surface area (Å²) in [5, 5.41) is 3.21. The molecule has 1 heterocycles. The molecule has 0 aromatic heterocycles. The van der Waals surface area contributed by atoms with Crippen molar-refractivity contribution in [3.05, 3.63) is 0 Å². The van der Waals surface area contributed by atoms with Crippen LogP contribution in [0.25, 0.3) is 0 Å². The zero-order chi connectivity index (χ0) is 13.4. The number of unbranched alkanes of at least 4 members (excludes halogenated alkanes) is 1. The molecule has 1 N–H and O–H groups in total. The predicted molar refractivity (Wildman–Crippen MR) is 75.3 cm³/mol. The zero-order valence-corrected chi connectivity index (χ0v) is 12.5. The lowest BCUT2D eigenvalue weighted by molar-refractivity contribution is 0.196. The Hall–Kier alpha value is -0.170. The Morgan fingerprint density at radius 2 is 1.72 bits per heavy atom. The number of hydrogen-bond donors (Lipinski definition) is 1. The van der Waals surface area contributed by atoms with Crippen LogP contribution < -0.4 is 5.32 Å². The van der Waals surface area contributed by atoms with Gasteiger partial charge in [-0.05, 0) is 32.5 Å². The van der Waals surface area contributed by atoms with Crippen LogP contribution in [-0.2, 0) is 10.0 Å². The Morgan fingerprint density at radius 3 is 2.28 bits per heavy atom. The summed E-state index contributed by atoms with van der Waals surface area (Å²) in [5.41, 5.74) is 0. The van der Waals surface area contributed by atoms with E-state index in [9.17, 15) is 8.42 Å². The molecular formula is C12H27N3O2S. The van der Waals surface area contributed by atoms with Gasteiger partial charge in [-0.1, -0.05) is 13.8 Å². The van der Waals surface area contributed by atoms with Gasteiger partial charge in [-0.3, -0.25) is 0 Å². The largest absolute Gasteiger partial charge is 0.317 e. The maximum absolute atomic E-state index is 12.1. The number of likely N-dealkylation sites (N-methyl/N-ethyl adjacent to an activating group) is 1. The fourth-order valence-electron chi connectivity index (χ4n) is 2.16. The highest BCUT2D eigenvalue weighted by atomic mass is 32.2. The van der Waals surface area contributed by atoms with E-state index in [0.717, 1.165) is 45.6 Å². The molecule has 1 rings (SSSR count). The first-order chi connectivity index (χ1) is 8.60. The minimum atomic E-state index is -3.02. The first-order valence-corrected chi connectivity index (χ1v) is 8.62. The molecule has 1 saturated heterocycles. The summed E-state index contributed by atoms with van der Waals surface area (Å²) in [5.74, 6) is 0.296. The number of nitrogens with one attached hydrogen (secondary N) is 1. The summed E-state index contributed by atoms with van der Waals surface area (Å²) in [6, 6.07) is 0. The third kappa shape index (κ3) is 5.22. The van der Waals surface area contributed by atoms with Crippen molar-refractivity contribution in [2.75, 3.05) is 51.6 Å². The van der Waals surface area contributed by atoms with Crippen molar-refractivity contribution in [1.82, 2.24) is 14.5 Å². The molecule has 0 atom stereocenters. The summed E-state index contributed by atoms with van der Waals surface area (Å²) in [4.78, 5) is 2.29. The molecule has 1 aliphatic heterocycles. The van der Waals surface area contributed by atoms with E-state index >= 15 is 0 Å². The van der Waals surface area contributed by atoms with Crippen molar-refractivity contribution in [2.24, 2.45) is 0 Å². The molecule has 0 unspecified atom stereocenters. The van der Waals surface area contributed by atoms with Crippen molar-refractivity contribution in [3.8, 4) is 0 Å². The summed E-state index contributed by atoms with van der Waals surface area (Å²) in [6.07, 6.45) is 1.69. The second-order valence-electron chi connectivity index (χ2n) is 4.71. The highest BCUT2D eigenvalue weighted by Crippen LogP contribution is 2.09. The van der Waals surface area contributed by atoms with Gasteiger partial charge in [0.05, 0.1) is 5.75 Å². The van der Waals surface area contributed by atoms with E-state index in [2.05, 4.69) is 24.1 Å².